The molecule has 0 spiro atoms. The van der Waals surface area contributed by atoms with Gasteiger partial charge in [-0.25, -0.2) is 0 Å². The fourth-order valence-corrected chi connectivity index (χ4v) is 1.69. The molecule has 0 atom stereocenters. The van der Waals surface area contributed by atoms with Gasteiger partial charge in [-0.2, -0.15) is 4.98 Å². The van der Waals surface area contributed by atoms with Crippen LogP contribution in [0.25, 0.3) is 10.7 Å². The summed E-state index contributed by atoms with van der Waals surface area (Å²) >= 11 is 1.62. The molecule has 0 unspecified atom stereocenters. The van der Waals surface area contributed by atoms with E-state index in [0.29, 0.717) is 12.6 Å². The van der Waals surface area contributed by atoms with Crippen LogP contribution in [0.15, 0.2) is 17.5 Å². The van der Waals surface area contributed by atoms with Crippen LogP contribution in [0.1, 0.15) is 13.3 Å². The highest BCUT2D eigenvalue weighted by Crippen LogP contribution is 2.21. The van der Waals surface area contributed by atoms with Gasteiger partial charge in [-0.3, -0.25) is 5.10 Å². The van der Waals surface area contributed by atoms with Gasteiger partial charge in [0, 0.05) is 0 Å². The molecular weight excluding hydrogens is 198 g/mol. The number of ether oxygens (including phenoxy) is 1. The van der Waals surface area contributed by atoms with Gasteiger partial charge in [0.2, 0.25) is 0 Å². The summed E-state index contributed by atoms with van der Waals surface area (Å²) in [5.41, 5.74) is 0. The third kappa shape index (κ3) is 1.93. The van der Waals surface area contributed by atoms with Crippen molar-refractivity contribution in [3.05, 3.63) is 17.5 Å². The van der Waals surface area contributed by atoms with Gasteiger partial charge in [-0.1, -0.05) is 13.0 Å². The van der Waals surface area contributed by atoms with Crippen molar-refractivity contribution in [1.29, 1.82) is 0 Å². The number of hydrogen-bond donors (Lipinski definition) is 1. The predicted molar refractivity (Wildman–Crippen MR) is 55.5 cm³/mol. The normalized spacial score (nSPS) is 10.4. The maximum atomic E-state index is 5.29. The average molecular weight is 209 g/mol. The number of hydrogen-bond acceptors (Lipinski definition) is 4. The zero-order chi connectivity index (χ0) is 9.80. The number of nitrogens with zero attached hydrogens (tertiary/aromatic N) is 2. The van der Waals surface area contributed by atoms with E-state index in [2.05, 4.69) is 15.2 Å². The summed E-state index contributed by atoms with van der Waals surface area (Å²) in [7, 11) is 0. The monoisotopic (exact) mass is 209 g/mol. The Bertz CT molecular complexity index is 382. The Morgan fingerprint density at radius 1 is 1.57 bits per heavy atom. The lowest BCUT2D eigenvalue weighted by Gasteiger charge is -1.94. The molecule has 0 aromatic carbocycles. The number of nitrogens with one attached hydrogen (secondary N) is 1. The maximum Gasteiger partial charge on any atom is 0.335 e. The number of rotatable bonds is 4. The molecular formula is C9H11N3OS. The van der Waals surface area contributed by atoms with Crippen LogP contribution in [0.4, 0.5) is 0 Å². The molecule has 4 nitrogen and oxygen atoms in total. The topological polar surface area (TPSA) is 50.8 Å². The van der Waals surface area contributed by atoms with E-state index in [1.807, 2.05) is 24.4 Å². The van der Waals surface area contributed by atoms with Crippen molar-refractivity contribution < 1.29 is 4.74 Å². The van der Waals surface area contributed by atoms with Crippen LogP contribution in [0.2, 0.25) is 0 Å². The summed E-state index contributed by atoms with van der Waals surface area (Å²) < 4.78 is 5.29. The van der Waals surface area contributed by atoms with Crippen molar-refractivity contribution in [3.8, 4) is 16.7 Å². The highest BCUT2D eigenvalue weighted by Gasteiger charge is 2.06. The maximum absolute atomic E-state index is 5.29. The van der Waals surface area contributed by atoms with E-state index in [1.54, 1.807) is 11.3 Å². The van der Waals surface area contributed by atoms with Crippen LogP contribution in [-0.2, 0) is 0 Å². The van der Waals surface area contributed by atoms with Gasteiger partial charge in [-0.05, 0) is 17.9 Å². The third-order valence-corrected chi connectivity index (χ3v) is 2.53. The third-order valence-electron chi connectivity index (χ3n) is 1.65. The molecule has 14 heavy (non-hydrogen) atoms. The summed E-state index contributed by atoms with van der Waals surface area (Å²) in [5, 5.41) is 8.80. The van der Waals surface area contributed by atoms with Gasteiger partial charge in [0.25, 0.3) is 0 Å². The lowest BCUT2D eigenvalue weighted by Crippen LogP contribution is -1.96. The molecule has 0 amide bonds. The molecule has 0 aliphatic heterocycles. The van der Waals surface area contributed by atoms with Crippen LogP contribution in [0.5, 0.6) is 6.01 Å². The Labute approximate surface area is 86.0 Å². The second-order valence-corrected chi connectivity index (χ2v) is 3.74. The molecule has 0 aliphatic carbocycles. The van der Waals surface area contributed by atoms with Crippen molar-refractivity contribution in [1.82, 2.24) is 15.2 Å². The minimum absolute atomic E-state index is 0.426. The second kappa shape index (κ2) is 4.23. The van der Waals surface area contributed by atoms with Crippen LogP contribution < -0.4 is 4.74 Å². The van der Waals surface area contributed by atoms with Crippen LogP contribution >= 0.6 is 11.3 Å². The van der Waals surface area contributed by atoms with Crippen LogP contribution in [-0.4, -0.2) is 21.8 Å². The van der Waals surface area contributed by atoms with E-state index in [0.717, 1.165) is 17.1 Å². The Kier molecular flexibility index (Phi) is 2.78. The number of thiophene rings is 1. The van der Waals surface area contributed by atoms with Crippen molar-refractivity contribution in [3.63, 3.8) is 0 Å². The molecule has 0 bridgehead atoms. The Morgan fingerprint density at radius 3 is 3.21 bits per heavy atom. The molecule has 2 rings (SSSR count). The minimum atomic E-state index is 0.426. The van der Waals surface area contributed by atoms with E-state index in [1.165, 1.54) is 0 Å². The van der Waals surface area contributed by atoms with Crippen molar-refractivity contribution in [2.24, 2.45) is 0 Å². The highest BCUT2D eigenvalue weighted by atomic mass is 32.1. The predicted octanol–water partition coefficient (Wildman–Crippen LogP) is 2.32. The van der Waals surface area contributed by atoms with Crippen molar-refractivity contribution in [2.75, 3.05) is 6.61 Å². The van der Waals surface area contributed by atoms with Gasteiger partial charge in [0.05, 0.1) is 11.5 Å². The standard InChI is InChI=1S/C9H11N3OS/c1-2-5-13-9-10-8(11-12-9)7-4-3-6-14-7/h3-4,6H,2,5H2,1H3,(H,10,11,12). The molecule has 0 fully saturated rings. The molecule has 0 aliphatic rings. The van der Waals surface area contributed by atoms with Gasteiger partial charge in [0.1, 0.15) is 0 Å². The summed E-state index contributed by atoms with van der Waals surface area (Å²) in [5.74, 6) is 0.770. The Balaban J connectivity index is 2.10. The molecule has 2 heterocycles. The minimum Gasteiger partial charge on any atom is -0.462 e. The van der Waals surface area contributed by atoms with Crippen molar-refractivity contribution >= 4 is 11.3 Å². The molecule has 0 radical (unpaired) electrons. The Morgan fingerprint density at radius 2 is 2.50 bits per heavy atom. The lowest BCUT2D eigenvalue weighted by molar-refractivity contribution is 0.293. The molecule has 2 aromatic rings. The van der Waals surface area contributed by atoms with Gasteiger partial charge < -0.3 is 4.74 Å². The summed E-state index contributed by atoms with van der Waals surface area (Å²) in [6.45, 7) is 2.70. The first-order valence-corrected chi connectivity index (χ1v) is 5.37. The van der Waals surface area contributed by atoms with Crippen LogP contribution in [0, 0.1) is 0 Å². The van der Waals surface area contributed by atoms with E-state index in [9.17, 15) is 0 Å². The van der Waals surface area contributed by atoms with Crippen LogP contribution in [0.3, 0.4) is 0 Å². The first-order valence-electron chi connectivity index (χ1n) is 4.49. The zero-order valence-electron chi connectivity index (χ0n) is 7.86. The van der Waals surface area contributed by atoms with E-state index in [-0.39, 0.29) is 0 Å². The summed E-state index contributed by atoms with van der Waals surface area (Å²) in [6, 6.07) is 4.40. The Hall–Kier alpha value is -1.36. The quantitative estimate of drug-likeness (QED) is 0.840. The molecule has 74 valence electrons. The van der Waals surface area contributed by atoms with E-state index in [4.69, 9.17) is 4.74 Å². The molecule has 1 N–H and O–H groups in total. The van der Waals surface area contributed by atoms with Gasteiger partial charge in [-0.15, -0.1) is 16.4 Å². The van der Waals surface area contributed by atoms with Gasteiger partial charge >= 0.3 is 6.01 Å². The van der Waals surface area contributed by atoms with E-state index < -0.39 is 0 Å². The fourth-order valence-electron chi connectivity index (χ4n) is 1.03. The van der Waals surface area contributed by atoms with Gasteiger partial charge in [0.15, 0.2) is 5.82 Å². The number of H-pyrrole nitrogens is 1. The number of aromatic nitrogens is 3. The van der Waals surface area contributed by atoms with E-state index >= 15 is 0 Å². The molecule has 5 heteroatoms. The molecule has 2 aromatic heterocycles. The second-order valence-electron chi connectivity index (χ2n) is 2.79. The first-order chi connectivity index (χ1) is 6.90. The summed E-state index contributed by atoms with van der Waals surface area (Å²) in [4.78, 5) is 5.28. The fraction of sp³-hybridized carbons (Fsp3) is 0.333. The average Bonchev–Trinajstić information content (AvgIpc) is 2.85. The largest absolute Gasteiger partial charge is 0.462 e. The molecule has 0 saturated heterocycles. The smallest absolute Gasteiger partial charge is 0.335 e. The number of aromatic amines is 1. The summed E-state index contributed by atoms with van der Waals surface area (Å²) in [6.07, 6.45) is 0.961. The zero-order valence-corrected chi connectivity index (χ0v) is 8.67. The highest BCUT2D eigenvalue weighted by molar-refractivity contribution is 7.13. The van der Waals surface area contributed by atoms with Crippen molar-refractivity contribution in [2.45, 2.75) is 13.3 Å². The first kappa shape index (κ1) is 9.21. The lowest BCUT2D eigenvalue weighted by atomic mass is 10.4. The molecule has 0 saturated carbocycles. The SMILES string of the molecule is CCCOc1n[nH]c(-c2cccs2)n1.